The first kappa shape index (κ1) is 17.6. The molecule has 0 saturated carbocycles. The van der Waals surface area contributed by atoms with E-state index in [1.54, 1.807) is 7.11 Å². The minimum absolute atomic E-state index is 0.0462. The third-order valence-electron chi connectivity index (χ3n) is 4.13. The fraction of sp³-hybridized carbons (Fsp3) is 0.632. The summed E-state index contributed by atoms with van der Waals surface area (Å²) in [7, 11) is 1.64. The highest BCUT2D eigenvalue weighted by molar-refractivity contribution is 5.92. The van der Waals surface area contributed by atoms with Gasteiger partial charge >= 0.3 is 6.09 Å². The van der Waals surface area contributed by atoms with Gasteiger partial charge in [-0.3, -0.25) is 4.90 Å². The van der Waals surface area contributed by atoms with Crippen LogP contribution in [-0.2, 0) is 11.2 Å². The molecule has 0 aromatic heterocycles. The Morgan fingerprint density at radius 1 is 1.17 bits per heavy atom. The average Bonchev–Trinajstić information content (AvgIpc) is 2.42. The lowest BCUT2D eigenvalue weighted by Crippen LogP contribution is -2.52. The van der Waals surface area contributed by atoms with Gasteiger partial charge in [-0.25, -0.2) is 4.79 Å². The Hall–Kier alpha value is -1.71. The van der Waals surface area contributed by atoms with E-state index in [-0.39, 0.29) is 17.6 Å². The Bertz CT molecular complexity index is 567. The van der Waals surface area contributed by atoms with Gasteiger partial charge in [0.1, 0.15) is 11.4 Å². The van der Waals surface area contributed by atoms with Gasteiger partial charge in [0.2, 0.25) is 0 Å². The maximum absolute atomic E-state index is 12.9. The Morgan fingerprint density at radius 3 is 2.35 bits per heavy atom. The summed E-state index contributed by atoms with van der Waals surface area (Å²) < 4.78 is 11.2. The van der Waals surface area contributed by atoms with Crippen molar-refractivity contribution < 1.29 is 14.3 Å². The van der Waals surface area contributed by atoms with Crippen molar-refractivity contribution in [3.8, 4) is 5.75 Å². The van der Waals surface area contributed by atoms with Crippen LogP contribution in [-0.4, -0.2) is 24.8 Å². The minimum atomic E-state index is -0.529. The Labute approximate surface area is 139 Å². The first-order chi connectivity index (χ1) is 10.5. The molecule has 1 aliphatic heterocycles. The van der Waals surface area contributed by atoms with E-state index in [2.05, 4.69) is 26.8 Å². The third kappa shape index (κ3) is 3.80. The molecule has 1 aliphatic rings. The van der Waals surface area contributed by atoms with Crippen LogP contribution in [0, 0.1) is 5.41 Å². The monoisotopic (exact) mass is 319 g/mol. The fourth-order valence-corrected chi connectivity index (χ4v) is 3.13. The van der Waals surface area contributed by atoms with Crippen molar-refractivity contribution in [3.63, 3.8) is 0 Å². The maximum Gasteiger partial charge on any atom is 0.415 e. The lowest BCUT2D eigenvalue weighted by Gasteiger charge is -2.44. The van der Waals surface area contributed by atoms with Gasteiger partial charge < -0.3 is 9.47 Å². The highest BCUT2D eigenvalue weighted by Gasteiger charge is 2.41. The van der Waals surface area contributed by atoms with Gasteiger partial charge in [-0.15, -0.1) is 0 Å². The van der Waals surface area contributed by atoms with Gasteiger partial charge in [-0.05, 0) is 50.7 Å². The summed E-state index contributed by atoms with van der Waals surface area (Å²) in [6.45, 7) is 12.2. The largest absolute Gasteiger partial charge is 0.495 e. The van der Waals surface area contributed by atoms with E-state index in [1.807, 2.05) is 37.8 Å². The lowest BCUT2D eigenvalue weighted by atomic mass is 9.79. The van der Waals surface area contributed by atoms with Crippen LogP contribution in [0.1, 0.15) is 53.5 Å². The number of amides is 1. The highest BCUT2D eigenvalue weighted by atomic mass is 16.6. The SMILES string of the molecule is COc1cccc2c1N(C(=O)OC(C)(C)C)C(C(C)(C)C)CC2. The molecular weight excluding hydrogens is 290 g/mol. The molecule has 1 unspecified atom stereocenters. The zero-order valence-electron chi connectivity index (χ0n) is 15.4. The van der Waals surface area contributed by atoms with E-state index < -0.39 is 5.60 Å². The molecule has 0 fully saturated rings. The van der Waals surface area contributed by atoms with Gasteiger partial charge in [0.05, 0.1) is 12.8 Å². The number of carbonyl (C=O) groups excluding carboxylic acids is 1. The molecule has 1 aromatic rings. The van der Waals surface area contributed by atoms with Crippen LogP contribution < -0.4 is 9.64 Å². The molecule has 1 heterocycles. The molecule has 0 radical (unpaired) electrons. The Kier molecular flexibility index (Phi) is 4.65. The third-order valence-corrected chi connectivity index (χ3v) is 4.13. The highest BCUT2D eigenvalue weighted by Crippen LogP contribution is 2.43. The second-order valence-electron chi connectivity index (χ2n) is 8.24. The van der Waals surface area contributed by atoms with Crippen LogP contribution in [0.25, 0.3) is 0 Å². The van der Waals surface area contributed by atoms with Crippen molar-refractivity contribution in [3.05, 3.63) is 23.8 Å². The standard InChI is InChI=1S/C19H29NO3/c1-18(2,3)15-12-11-13-9-8-10-14(22-7)16(13)20(15)17(21)23-19(4,5)6/h8-10,15H,11-12H2,1-7H3. The zero-order chi connectivity index (χ0) is 17.4. The molecule has 1 amide bonds. The Balaban J connectivity index is 2.54. The van der Waals surface area contributed by atoms with Crippen molar-refractivity contribution in [2.75, 3.05) is 12.0 Å². The molecule has 0 bridgehead atoms. The number of aryl methyl sites for hydroxylation is 1. The predicted molar refractivity (Wildman–Crippen MR) is 93.3 cm³/mol. The topological polar surface area (TPSA) is 38.8 Å². The number of nitrogens with zero attached hydrogens (tertiary/aromatic N) is 1. The first-order valence-electron chi connectivity index (χ1n) is 8.22. The molecule has 0 aliphatic carbocycles. The summed E-state index contributed by atoms with van der Waals surface area (Å²) in [4.78, 5) is 14.8. The van der Waals surface area contributed by atoms with E-state index >= 15 is 0 Å². The van der Waals surface area contributed by atoms with Crippen LogP contribution in [0.2, 0.25) is 0 Å². The Morgan fingerprint density at radius 2 is 1.83 bits per heavy atom. The summed E-state index contributed by atoms with van der Waals surface area (Å²) in [5.41, 5.74) is 1.42. The molecule has 4 heteroatoms. The smallest absolute Gasteiger partial charge is 0.415 e. The zero-order valence-corrected chi connectivity index (χ0v) is 15.4. The maximum atomic E-state index is 12.9. The van der Waals surface area contributed by atoms with Crippen molar-refractivity contribution in [2.24, 2.45) is 5.41 Å². The summed E-state index contributed by atoms with van der Waals surface area (Å²) in [6, 6.07) is 6.01. The summed E-state index contributed by atoms with van der Waals surface area (Å²) >= 11 is 0. The fourth-order valence-electron chi connectivity index (χ4n) is 3.13. The van der Waals surface area contributed by atoms with Crippen LogP contribution in [0.5, 0.6) is 5.75 Å². The van der Waals surface area contributed by atoms with Crippen LogP contribution in [0.3, 0.4) is 0 Å². The number of methoxy groups -OCH3 is 1. The van der Waals surface area contributed by atoms with E-state index in [0.717, 1.165) is 29.8 Å². The minimum Gasteiger partial charge on any atom is -0.495 e. The van der Waals surface area contributed by atoms with Gasteiger partial charge in [-0.1, -0.05) is 32.9 Å². The van der Waals surface area contributed by atoms with E-state index in [9.17, 15) is 4.79 Å². The first-order valence-corrected chi connectivity index (χ1v) is 8.22. The molecule has 0 spiro atoms. The lowest BCUT2D eigenvalue weighted by molar-refractivity contribution is 0.0530. The van der Waals surface area contributed by atoms with E-state index in [1.165, 1.54) is 0 Å². The quantitative estimate of drug-likeness (QED) is 0.746. The molecule has 1 aromatic carbocycles. The van der Waals surface area contributed by atoms with Gasteiger partial charge in [0, 0.05) is 6.04 Å². The number of anilines is 1. The summed E-state index contributed by atoms with van der Waals surface area (Å²) in [6.07, 6.45) is 1.55. The normalized spacial score (nSPS) is 18.4. The molecular formula is C19H29NO3. The molecule has 2 rings (SSSR count). The number of rotatable bonds is 1. The number of carbonyl (C=O) groups is 1. The van der Waals surface area contributed by atoms with Crippen LogP contribution in [0.15, 0.2) is 18.2 Å². The molecule has 1 atom stereocenters. The molecule has 23 heavy (non-hydrogen) atoms. The van der Waals surface area contributed by atoms with E-state index in [4.69, 9.17) is 9.47 Å². The van der Waals surface area contributed by atoms with Crippen LogP contribution >= 0.6 is 0 Å². The predicted octanol–water partition coefficient (Wildman–Crippen LogP) is 4.80. The molecule has 0 N–H and O–H groups in total. The second kappa shape index (κ2) is 6.06. The number of hydrogen-bond acceptors (Lipinski definition) is 3. The van der Waals surface area contributed by atoms with Gasteiger partial charge in [0.25, 0.3) is 0 Å². The van der Waals surface area contributed by atoms with Gasteiger partial charge in [-0.2, -0.15) is 0 Å². The number of ether oxygens (including phenoxy) is 2. The molecule has 4 nitrogen and oxygen atoms in total. The van der Waals surface area contributed by atoms with E-state index in [0.29, 0.717) is 0 Å². The van der Waals surface area contributed by atoms with Crippen molar-refractivity contribution >= 4 is 11.8 Å². The van der Waals surface area contributed by atoms with Crippen molar-refractivity contribution in [1.29, 1.82) is 0 Å². The number of benzene rings is 1. The summed E-state index contributed by atoms with van der Waals surface area (Å²) in [5, 5.41) is 0. The average molecular weight is 319 g/mol. The molecule has 0 saturated heterocycles. The van der Waals surface area contributed by atoms with Crippen molar-refractivity contribution in [1.82, 2.24) is 0 Å². The van der Waals surface area contributed by atoms with Crippen LogP contribution in [0.4, 0.5) is 10.5 Å². The number of hydrogen-bond donors (Lipinski definition) is 0. The second-order valence-corrected chi connectivity index (χ2v) is 8.24. The van der Waals surface area contributed by atoms with Gasteiger partial charge in [0.15, 0.2) is 0 Å². The van der Waals surface area contributed by atoms with Crippen molar-refractivity contribution in [2.45, 2.75) is 66.0 Å². The number of para-hydroxylation sites is 1. The summed E-state index contributed by atoms with van der Waals surface area (Å²) in [5.74, 6) is 0.724. The molecule has 128 valence electrons. The number of fused-ring (bicyclic) bond motifs is 1.